The zero-order valence-corrected chi connectivity index (χ0v) is 19.3. The van der Waals surface area contributed by atoms with Crippen LogP contribution in [0.3, 0.4) is 0 Å². The standard InChI is InChI=1S/C28H24ClN3O/c1-19-10-8-11-20(2)25(19)30-28-26(22-14-6-7-15-23(22)29)31-27-24(16-9-17-32(27)28)33-18-21-12-4-3-5-13-21/h3-17,30H,18H2,1-2H3. The highest BCUT2D eigenvalue weighted by molar-refractivity contribution is 6.33. The number of para-hydroxylation sites is 1. The van der Waals surface area contributed by atoms with Crippen molar-refractivity contribution in [3.05, 3.63) is 113 Å². The van der Waals surface area contributed by atoms with Crippen LogP contribution in [0, 0.1) is 13.8 Å². The van der Waals surface area contributed by atoms with E-state index in [2.05, 4.69) is 49.5 Å². The van der Waals surface area contributed by atoms with E-state index in [0.717, 1.165) is 45.1 Å². The molecule has 0 saturated heterocycles. The summed E-state index contributed by atoms with van der Waals surface area (Å²) in [4.78, 5) is 5.00. The molecule has 0 unspecified atom stereocenters. The van der Waals surface area contributed by atoms with Crippen LogP contribution in [-0.2, 0) is 6.61 Å². The van der Waals surface area contributed by atoms with E-state index < -0.39 is 0 Å². The molecule has 5 aromatic rings. The first-order valence-electron chi connectivity index (χ1n) is 10.9. The molecule has 33 heavy (non-hydrogen) atoms. The first kappa shape index (κ1) is 21.1. The van der Waals surface area contributed by atoms with Crippen molar-refractivity contribution in [3.63, 3.8) is 0 Å². The predicted octanol–water partition coefficient (Wildman–Crippen LogP) is 7.59. The first-order chi connectivity index (χ1) is 16.1. The van der Waals surface area contributed by atoms with Gasteiger partial charge in [0, 0.05) is 17.4 Å². The normalized spacial score (nSPS) is 11.0. The SMILES string of the molecule is Cc1cccc(C)c1Nc1c(-c2ccccc2Cl)nc2c(OCc3ccccc3)cccn12. The number of rotatable bonds is 6. The molecule has 0 radical (unpaired) electrons. The van der Waals surface area contributed by atoms with Crippen LogP contribution in [0.15, 0.2) is 91.1 Å². The van der Waals surface area contributed by atoms with E-state index in [1.807, 2.05) is 65.2 Å². The van der Waals surface area contributed by atoms with Crippen molar-refractivity contribution >= 4 is 28.8 Å². The maximum absolute atomic E-state index is 6.60. The molecule has 2 aromatic heterocycles. The molecule has 0 amide bonds. The average Bonchev–Trinajstić information content (AvgIpc) is 3.20. The smallest absolute Gasteiger partial charge is 0.181 e. The lowest BCUT2D eigenvalue weighted by Gasteiger charge is -2.14. The van der Waals surface area contributed by atoms with Gasteiger partial charge in [-0.2, -0.15) is 0 Å². The Bertz CT molecular complexity index is 1410. The topological polar surface area (TPSA) is 38.6 Å². The fraction of sp³-hybridized carbons (Fsp3) is 0.107. The van der Waals surface area contributed by atoms with Crippen LogP contribution >= 0.6 is 11.6 Å². The van der Waals surface area contributed by atoms with Crippen molar-refractivity contribution in [2.75, 3.05) is 5.32 Å². The molecule has 1 N–H and O–H groups in total. The van der Waals surface area contributed by atoms with Crippen molar-refractivity contribution in [1.29, 1.82) is 0 Å². The van der Waals surface area contributed by atoms with Crippen LogP contribution in [0.2, 0.25) is 5.02 Å². The third-order valence-electron chi connectivity index (χ3n) is 5.70. The number of hydrogen-bond donors (Lipinski definition) is 1. The molecular weight excluding hydrogens is 430 g/mol. The Hall–Kier alpha value is -3.76. The van der Waals surface area contributed by atoms with Gasteiger partial charge in [-0.15, -0.1) is 0 Å². The second-order valence-corrected chi connectivity index (χ2v) is 8.43. The predicted molar refractivity (Wildman–Crippen MR) is 136 cm³/mol. The summed E-state index contributed by atoms with van der Waals surface area (Å²) >= 11 is 6.60. The van der Waals surface area contributed by atoms with E-state index in [9.17, 15) is 0 Å². The Balaban J connectivity index is 1.65. The van der Waals surface area contributed by atoms with Crippen molar-refractivity contribution in [2.45, 2.75) is 20.5 Å². The van der Waals surface area contributed by atoms with Gasteiger partial charge in [-0.3, -0.25) is 4.40 Å². The molecule has 0 saturated carbocycles. The number of aryl methyl sites for hydroxylation is 2. The Labute approximate surface area is 198 Å². The van der Waals surface area contributed by atoms with E-state index in [1.54, 1.807) is 0 Å². The summed E-state index contributed by atoms with van der Waals surface area (Å²) in [5.41, 5.74) is 6.86. The molecule has 0 aliphatic carbocycles. The van der Waals surface area contributed by atoms with E-state index in [1.165, 1.54) is 0 Å². The van der Waals surface area contributed by atoms with Gasteiger partial charge in [0.25, 0.3) is 0 Å². The Morgan fingerprint density at radius 3 is 2.33 bits per heavy atom. The molecule has 3 aromatic carbocycles. The van der Waals surface area contributed by atoms with Gasteiger partial charge in [-0.25, -0.2) is 4.98 Å². The molecule has 0 bridgehead atoms. The van der Waals surface area contributed by atoms with E-state index >= 15 is 0 Å². The minimum Gasteiger partial charge on any atom is -0.485 e. The summed E-state index contributed by atoms with van der Waals surface area (Å²) in [5, 5.41) is 4.30. The van der Waals surface area contributed by atoms with Gasteiger partial charge >= 0.3 is 0 Å². The molecule has 0 atom stereocenters. The minimum atomic E-state index is 0.467. The van der Waals surface area contributed by atoms with Crippen LogP contribution in [0.4, 0.5) is 11.5 Å². The number of fused-ring (bicyclic) bond motifs is 1. The zero-order chi connectivity index (χ0) is 22.8. The van der Waals surface area contributed by atoms with Crippen molar-refractivity contribution in [2.24, 2.45) is 0 Å². The molecule has 0 fully saturated rings. The van der Waals surface area contributed by atoms with Crippen molar-refractivity contribution in [3.8, 4) is 17.0 Å². The second-order valence-electron chi connectivity index (χ2n) is 8.02. The molecule has 0 spiro atoms. The number of nitrogens with one attached hydrogen (secondary N) is 1. The fourth-order valence-corrected chi connectivity index (χ4v) is 4.21. The zero-order valence-electron chi connectivity index (χ0n) is 18.5. The second kappa shape index (κ2) is 9.00. The van der Waals surface area contributed by atoms with Crippen molar-refractivity contribution < 1.29 is 4.74 Å². The summed E-state index contributed by atoms with van der Waals surface area (Å²) in [6, 6.07) is 28.1. The quantitative estimate of drug-likeness (QED) is 0.287. The van der Waals surface area contributed by atoms with Gasteiger partial charge in [0.2, 0.25) is 0 Å². The minimum absolute atomic E-state index is 0.467. The third kappa shape index (κ3) is 4.18. The van der Waals surface area contributed by atoms with Crippen LogP contribution in [0.1, 0.15) is 16.7 Å². The lowest BCUT2D eigenvalue weighted by molar-refractivity contribution is 0.308. The number of anilines is 2. The van der Waals surface area contributed by atoms with Crippen LogP contribution in [0.5, 0.6) is 5.75 Å². The van der Waals surface area contributed by atoms with Gasteiger partial charge in [0.05, 0.1) is 5.02 Å². The van der Waals surface area contributed by atoms with Gasteiger partial charge in [0.1, 0.15) is 18.1 Å². The highest BCUT2D eigenvalue weighted by Crippen LogP contribution is 2.38. The van der Waals surface area contributed by atoms with Gasteiger partial charge < -0.3 is 10.1 Å². The van der Waals surface area contributed by atoms with Gasteiger partial charge in [-0.05, 0) is 48.7 Å². The first-order valence-corrected chi connectivity index (χ1v) is 11.3. The van der Waals surface area contributed by atoms with Gasteiger partial charge in [0.15, 0.2) is 11.4 Å². The number of benzene rings is 3. The molecule has 0 aliphatic heterocycles. The number of ether oxygens (including phenoxy) is 1. The average molecular weight is 454 g/mol. The van der Waals surface area contributed by atoms with E-state index in [-0.39, 0.29) is 0 Å². The van der Waals surface area contributed by atoms with Crippen LogP contribution < -0.4 is 10.1 Å². The molecule has 2 heterocycles. The highest BCUT2D eigenvalue weighted by atomic mass is 35.5. The van der Waals surface area contributed by atoms with E-state index in [4.69, 9.17) is 21.3 Å². The molecule has 164 valence electrons. The number of halogens is 1. The Morgan fingerprint density at radius 2 is 1.58 bits per heavy atom. The Morgan fingerprint density at radius 1 is 0.848 bits per heavy atom. The number of aromatic nitrogens is 2. The molecular formula is C28H24ClN3O. The molecule has 5 rings (SSSR count). The van der Waals surface area contributed by atoms with E-state index in [0.29, 0.717) is 17.4 Å². The van der Waals surface area contributed by atoms with Crippen LogP contribution in [0.25, 0.3) is 16.9 Å². The monoisotopic (exact) mass is 453 g/mol. The maximum Gasteiger partial charge on any atom is 0.181 e. The Kier molecular flexibility index (Phi) is 5.76. The molecule has 4 nitrogen and oxygen atoms in total. The number of imidazole rings is 1. The largest absolute Gasteiger partial charge is 0.485 e. The summed E-state index contributed by atoms with van der Waals surface area (Å²) in [7, 11) is 0. The lowest BCUT2D eigenvalue weighted by atomic mass is 10.1. The fourth-order valence-electron chi connectivity index (χ4n) is 3.98. The number of hydrogen-bond acceptors (Lipinski definition) is 3. The molecule has 5 heteroatoms. The summed E-state index contributed by atoms with van der Waals surface area (Å²) in [6.45, 7) is 4.67. The van der Waals surface area contributed by atoms with Crippen LogP contribution in [-0.4, -0.2) is 9.38 Å². The van der Waals surface area contributed by atoms with Crippen molar-refractivity contribution in [1.82, 2.24) is 9.38 Å². The molecule has 0 aliphatic rings. The lowest BCUT2D eigenvalue weighted by Crippen LogP contribution is -2.01. The summed E-state index contributed by atoms with van der Waals surface area (Å²) < 4.78 is 8.23. The van der Waals surface area contributed by atoms with Gasteiger partial charge in [-0.1, -0.05) is 78.3 Å². The highest BCUT2D eigenvalue weighted by Gasteiger charge is 2.20. The maximum atomic E-state index is 6.60. The summed E-state index contributed by atoms with van der Waals surface area (Å²) in [5.74, 6) is 1.56. The number of pyridine rings is 1. The third-order valence-corrected chi connectivity index (χ3v) is 6.03. The summed E-state index contributed by atoms with van der Waals surface area (Å²) in [6.07, 6.45) is 1.99. The number of nitrogens with zero attached hydrogens (tertiary/aromatic N) is 2.